The zero-order valence-corrected chi connectivity index (χ0v) is 11.1. The first kappa shape index (κ1) is 15.0. The second-order valence-electron chi connectivity index (χ2n) is 3.96. The highest BCUT2D eigenvalue weighted by Gasteiger charge is 2.31. The Kier molecular flexibility index (Phi) is 4.75. The largest absolute Gasteiger partial charge is 0.416 e. The molecule has 1 aromatic carbocycles. The van der Waals surface area contributed by atoms with Gasteiger partial charge < -0.3 is 11.1 Å². The predicted molar refractivity (Wildman–Crippen MR) is 66.0 cm³/mol. The number of anilines is 1. The molecule has 0 saturated carbocycles. The van der Waals surface area contributed by atoms with E-state index in [0.717, 1.165) is 12.1 Å². The molecular weight excluding hydrogens is 313 g/mol. The van der Waals surface area contributed by atoms with E-state index < -0.39 is 17.6 Å². The SMILES string of the molecule is CC(N)CC(=O)Nc1cc(Br)cc(C(F)(F)F)c1. The number of hydrogen-bond donors (Lipinski definition) is 2. The number of halogens is 4. The Labute approximate surface area is 111 Å². The van der Waals surface area contributed by atoms with Crippen LogP contribution in [-0.4, -0.2) is 11.9 Å². The van der Waals surface area contributed by atoms with Crippen molar-refractivity contribution >= 4 is 27.5 Å². The van der Waals surface area contributed by atoms with Crippen LogP contribution in [-0.2, 0) is 11.0 Å². The molecule has 3 N–H and O–H groups in total. The molecule has 18 heavy (non-hydrogen) atoms. The molecular formula is C11H12BrF3N2O. The highest BCUT2D eigenvalue weighted by Crippen LogP contribution is 2.33. The van der Waals surface area contributed by atoms with Gasteiger partial charge in [0.05, 0.1) is 5.56 Å². The number of benzene rings is 1. The standard InChI is InChI=1S/C11H12BrF3N2O/c1-6(16)2-10(18)17-9-4-7(11(13,14)15)3-8(12)5-9/h3-6H,2,16H2,1H3,(H,17,18). The van der Waals surface area contributed by atoms with Crippen molar-refractivity contribution in [3.63, 3.8) is 0 Å². The van der Waals surface area contributed by atoms with Gasteiger partial charge in [0.2, 0.25) is 5.91 Å². The number of carbonyl (C=O) groups excluding carboxylic acids is 1. The van der Waals surface area contributed by atoms with Crippen LogP contribution in [0.5, 0.6) is 0 Å². The van der Waals surface area contributed by atoms with E-state index in [0.29, 0.717) is 0 Å². The molecule has 0 radical (unpaired) electrons. The van der Waals surface area contributed by atoms with E-state index in [4.69, 9.17) is 5.73 Å². The summed E-state index contributed by atoms with van der Waals surface area (Å²) in [5.41, 5.74) is 4.69. The summed E-state index contributed by atoms with van der Waals surface area (Å²) in [6.45, 7) is 1.64. The highest BCUT2D eigenvalue weighted by molar-refractivity contribution is 9.10. The lowest BCUT2D eigenvalue weighted by Gasteiger charge is -2.11. The Morgan fingerprint density at radius 2 is 2.06 bits per heavy atom. The molecule has 7 heteroatoms. The van der Waals surface area contributed by atoms with Gasteiger partial charge in [-0.2, -0.15) is 13.2 Å². The Bertz CT molecular complexity index is 446. The van der Waals surface area contributed by atoms with Gasteiger partial charge in [-0.15, -0.1) is 0 Å². The maximum Gasteiger partial charge on any atom is 0.416 e. The van der Waals surface area contributed by atoms with Crippen LogP contribution in [0.25, 0.3) is 0 Å². The topological polar surface area (TPSA) is 55.1 Å². The monoisotopic (exact) mass is 324 g/mol. The molecule has 0 bridgehead atoms. The van der Waals surface area contributed by atoms with Crippen LogP contribution in [0.2, 0.25) is 0 Å². The van der Waals surface area contributed by atoms with Gasteiger partial charge in [0.1, 0.15) is 0 Å². The zero-order chi connectivity index (χ0) is 13.9. The van der Waals surface area contributed by atoms with E-state index in [9.17, 15) is 18.0 Å². The molecule has 100 valence electrons. The third-order valence-corrected chi connectivity index (χ3v) is 2.47. The second-order valence-corrected chi connectivity index (χ2v) is 4.87. The zero-order valence-electron chi connectivity index (χ0n) is 9.51. The molecule has 1 rings (SSSR count). The average Bonchev–Trinajstić information content (AvgIpc) is 2.13. The van der Waals surface area contributed by atoms with Crippen LogP contribution in [0.4, 0.5) is 18.9 Å². The van der Waals surface area contributed by atoms with Gasteiger partial charge in [-0.05, 0) is 25.1 Å². The lowest BCUT2D eigenvalue weighted by Crippen LogP contribution is -2.24. The summed E-state index contributed by atoms with van der Waals surface area (Å²) < 4.78 is 37.9. The molecule has 3 nitrogen and oxygen atoms in total. The number of nitrogens with two attached hydrogens (primary N) is 1. The molecule has 0 aliphatic rings. The molecule has 0 aliphatic heterocycles. The van der Waals surface area contributed by atoms with Gasteiger partial charge in [-0.3, -0.25) is 4.79 Å². The molecule has 1 unspecified atom stereocenters. The van der Waals surface area contributed by atoms with Crippen LogP contribution in [0.1, 0.15) is 18.9 Å². The summed E-state index contributed by atoms with van der Waals surface area (Å²) in [7, 11) is 0. The number of hydrogen-bond acceptors (Lipinski definition) is 2. The van der Waals surface area contributed by atoms with E-state index >= 15 is 0 Å². The third-order valence-electron chi connectivity index (χ3n) is 2.02. The van der Waals surface area contributed by atoms with Gasteiger partial charge in [0.25, 0.3) is 0 Å². The van der Waals surface area contributed by atoms with E-state index in [1.54, 1.807) is 6.92 Å². The lowest BCUT2D eigenvalue weighted by molar-refractivity contribution is -0.137. The lowest BCUT2D eigenvalue weighted by atomic mass is 10.2. The van der Waals surface area contributed by atoms with Crippen LogP contribution in [0, 0.1) is 0 Å². The van der Waals surface area contributed by atoms with Crippen molar-refractivity contribution < 1.29 is 18.0 Å². The maximum atomic E-state index is 12.5. The average molecular weight is 325 g/mol. The smallest absolute Gasteiger partial charge is 0.327 e. The Morgan fingerprint density at radius 1 is 1.44 bits per heavy atom. The predicted octanol–water partition coefficient (Wildman–Crippen LogP) is 3.14. The maximum absolute atomic E-state index is 12.5. The van der Waals surface area contributed by atoms with Crippen molar-refractivity contribution in [1.82, 2.24) is 0 Å². The molecule has 0 aliphatic carbocycles. The molecule has 1 amide bonds. The van der Waals surface area contributed by atoms with Gasteiger partial charge in [-0.1, -0.05) is 15.9 Å². The van der Waals surface area contributed by atoms with Crippen molar-refractivity contribution in [2.45, 2.75) is 25.6 Å². The normalized spacial score (nSPS) is 13.2. The molecule has 0 fully saturated rings. The van der Waals surface area contributed by atoms with E-state index in [2.05, 4.69) is 21.2 Å². The quantitative estimate of drug-likeness (QED) is 0.897. The summed E-state index contributed by atoms with van der Waals surface area (Å²) in [5, 5.41) is 2.38. The highest BCUT2D eigenvalue weighted by atomic mass is 79.9. The molecule has 0 heterocycles. The van der Waals surface area contributed by atoms with Gasteiger partial charge in [0.15, 0.2) is 0 Å². The van der Waals surface area contributed by atoms with Crippen LogP contribution < -0.4 is 11.1 Å². The molecule has 1 atom stereocenters. The summed E-state index contributed by atoms with van der Waals surface area (Å²) in [6, 6.07) is 2.87. The third kappa shape index (κ3) is 4.66. The van der Waals surface area contributed by atoms with Crippen LogP contribution in [0.3, 0.4) is 0 Å². The fraction of sp³-hybridized carbons (Fsp3) is 0.364. The van der Waals surface area contributed by atoms with Gasteiger partial charge in [0, 0.05) is 22.6 Å². The molecule has 0 spiro atoms. The number of rotatable bonds is 3. The minimum Gasteiger partial charge on any atom is -0.327 e. The molecule has 0 saturated heterocycles. The van der Waals surface area contributed by atoms with Crippen molar-refractivity contribution in [2.75, 3.05) is 5.32 Å². The van der Waals surface area contributed by atoms with E-state index in [1.165, 1.54) is 6.07 Å². The summed E-state index contributed by atoms with van der Waals surface area (Å²) in [4.78, 5) is 11.4. The molecule has 0 aromatic heterocycles. The fourth-order valence-electron chi connectivity index (χ4n) is 1.33. The second kappa shape index (κ2) is 5.71. The van der Waals surface area contributed by atoms with Crippen molar-refractivity contribution in [2.24, 2.45) is 5.73 Å². The number of carbonyl (C=O) groups is 1. The van der Waals surface area contributed by atoms with Gasteiger partial charge >= 0.3 is 6.18 Å². The van der Waals surface area contributed by atoms with Crippen molar-refractivity contribution in [3.05, 3.63) is 28.2 Å². The Hall–Kier alpha value is -1.08. The Balaban J connectivity index is 2.90. The number of amides is 1. The van der Waals surface area contributed by atoms with Gasteiger partial charge in [-0.25, -0.2) is 0 Å². The van der Waals surface area contributed by atoms with Crippen molar-refractivity contribution in [3.8, 4) is 0 Å². The summed E-state index contributed by atoms with van der Waals surface area (Å²) >= 11 is 2.97. The first-order chi connectivity index (χ1) is 8.18. The minimum absolute atomic E-state index is 0.0495. The van der Waals surface area contributed by atoms with E-state index in [-0.39, 0.29) is 22.6 Å². The van der Waals surface area contributed by atoms with Crippen LogP contribution >= 0.6 is 15.9 Å². The molecule has 1 aromatic rings. The van der Waals surface area contributed by atoms with Crippen LogP contribution in [0.15, 0.2) is 22.7 Å². The minimum atomic E-state index is -4.45. The first-order valence-electron chi connectivity index (χ1n) is 5.11. The Morgan fingerprint density at radius 3 is 2.56 bits per heavy atom. The summed E-state index contributed by atoms with van der Waals surface area (Å²) in [5.74, 6) is -0.420. The van der Waals surface area contributed by atoms with E-state index in [1.807, 2.05) is 0 Å². The first-order valence-corrected chi connectivity index (χ1v) is 5.91. The summed E-state index contributed by atoms with van der Waals surface area (Å²) in [6.07, 6.45) is -4.40. The number of nitrogens with one attached hydrogen (secondary N) is 1. The van der Waals surface area contributed by atoms with Crippen molar-refractivity contribution in [1.29, 1.82) is 0 Å². The fourth-order valence-corrected chi connectivity index (χ4v) is 1.82. The number of alkyl halides is 3.